The molecule has 12 rings (SSSR count). The quantitative estimate of drug-likeness (QED) is 0.161. The molecule has 4 heteroatoms. The Morgan fingerprint density at radius 2 is 0.641 bits per heavy atom. The second-order valence-corrected chi connectivity index (χ2v) is 16.3. The maximum Gasteiger partial charge on any atom is 0.0998 e. The summed E-state index contributed by atoms with van der Waals surface area (Å²) in [6, 6.07) is 79.9. The van der Waals surface area contributed by atoms with Crippen molar-refractivity contribution in [1.29, 1.82) is 5.26 Å². The lowest BCUT2D eigenvalue weighted by atomic mass is 9.97. The van der Waals surface area contributed by atoms with Crippen molar-refractivity contribution in [3.8, 4) is 73.1 Å². The molecule has 0 spiro atoms. The zero-order valence-corrected chi connectivity index (χ0v) is 34.7. The molecule has 12 aromatic rings. The fraction of sp³-hybridized carbons (Fsp3) is 0. The summed E-state index contributed by atoms with van der Waals surface area (Å²) >= 11 is 0. The van der Waals surface area contributed by atoms with Crippen LogP contribution in [0.2, 0.25) is 0 Å². The first-order chi connectivity index (χ1) is 31.7. The van der Waals surface area contributed by atoms with Gasteiger partial charge in [0.25, 0.3) is 0 Å². The lowest BCUT2D eigenvalue weighted by Gasteiger charge is -2.20. The van der Waals surface area contributed by atoms with Gasteiger partial charge in [-0.25, -0.2) is 0 Å². The van der Waals surface area contributed by atoms with Crippen LogP contribution in [0, 0.1) is 11.3 Å². The van der Waals surface area contributed by atoms with Crippen LogP contribution < -0.4 is 0 Å². The van der Waals surface area contributed by atoms with E-state index in [2.05, 4.69) is 215 Å². The normalized spacial score (nSPS) is 11.4. The molecule has 0 aliphatic rings. The molecule has 0 fully saturated rings. The number of aromatic nitrogens is 3. The molecule has 4 nitrogen and oxygen atoms in total. The largest absolute Gasteiger partial charge is 0.307 e. The molecule has 0 unspecified atom stereocenters. The molecule has 0 saturated heterocycles. The van der Waals surface area contributed by atoms with Gasteiger partial charge >= 0.3 is 0 Å². The van der Waals surface area contributed by atoms with Gasteiger partial charge in [-0.2, -0.15) is 5.26 Å². The minimum Gasteiger partial charge on any atom is -0.307 e. The van der Waals surface area contributed by atoms with Gasteiger partial charge in [-0.1, -0.05) is 164 Å². The minimum absolute atomic E-state index is 0.591. The zero-order chi connectivity index (χ0) is 42.6. The van der Waals surface area contributed by atoms with Crippen LogP contribution in [-0.4, -0.2) is 14.1 Å². The number of nitriles is 1. The highest BCUT2D eigenvalue weighted by Gasteiger charge is 2.25. The van der Waals surface area contributed by atoms with E-state index in [9.17, 15) is 5.26 Å². The first-order valence-corrected chi connectivity index (χ1v) is 21.6. The third kappa shape index (κ3) is 6.10. The lowest BCUT2D eigenvalue weighted by Crippen LogP contribution is -2.05. The molecule has 0 bridgehead atoms. The van der Waals surface area contributed by atoms with Crippen LogP contribution in [0.25, 0.3) is 111 Å². The first kappa shape index (κ1) is 37.0. The van der Waals surface area contributed by atoms with Crippen LogP contribution >= 0.6 is 0 Å². The van der Waals surface area contributed by atoms with Gasteiger partial charge in [0.05, 0.1) is 57.5 Å². The van der Waals surface area contributed by atoms with Crippen LogP contribution in [0.15, 0.2) is 231 Å². The topological polar surface area (TPSA) is 46.5 Å². The Morgan fingerprint density at radius 3 is 0.969 bits per heavy atom. The second-order valence-electron chi connectivity index (χ2n) is 16.3. The highest BCUT2D eigenvalue weighted by molar-refractivity contribution is 6.14. The van der Waals surface area contributed by atoms with E-state index in [-0.39, 0.29) is 0 Å². The van der Waals surface area contributed by atoms with Crippen LogP contribution in [-0.2, 0) is 0 Å². The Kier molecular flexibility index (Phi) is 8.84. The molecule has 0 N–H and O–H groups in total. The van der Waals surface area contributed by atoms with E-state index in [0.717, 1.165) is 111 Å². The summed E-state index contributed by atoms with van der Waals surface area (Å²) in [5.74, 6) is 0. The molecule has 0 aliphatic carbocycles. The van der Waals surface area contributed by atoms with Gasteiger partial charge in [-0.05, 0) is 99.1 Å². The maximum absolute atomic E-state index is 10.8. The van der Waals surface area contributed by atoms with Crippen molar-refractivity contribution in [3.05, 3.63) is 236 Å². The van der Waals surface area contributed by atoms with E-state index < -0.39 is 0 Å². The molecular weight excluding hydrogens is 777 g/mol. The fourth-order valence-corrected chi connectivity index (χ4v) is 9.66. The van der Waals surface area contributed by atoms with Crippen LogP contribution in [0.3, 0.4) is 0 Å². The predicted octanol–water partition coefficient (Wildman–Crippen LogP) is 15.5. The molecule has 0 aliphatic heterocycles. The Hall–Kier alpha value is -8.78. The molecule has 9 aromatic carbocycles. The number of rotatable bonds is 7. The van der Waals surface area contributed by atoms with Crippen molar-refractivity contribution in [2.24, 2.45) is 0 Å². The third-order valence-corrected chi connectivity index (χ3v) is 12.7. The van der Waals surface area contributed by atoms with Gasteiger partial charge in [0.15, 0.2) is 0 Å². The summed E-state index contributed by atoms with van der Waals surface area (Å²) in [6.07, 6.45) is 3.94. The smallest absolute Gasteiger partial charge is 0.0998 e. The summed E-state index contributed by atoms with van der Waals surface area (Å²) in [7, 11) is 0. The summed E-state index contributed by atoms with van der Waals surface area (Å²) in [6.45, 7) is 0. The van der Waals surface area contributed by atoms with Gasteiger partial charge in [0.1, 0.15) is 0 Å². The summed E-state index contributed by atoms with van der Waals surface area (Å²) in [4.78, 5) is 5.10. The monoisotopic (exact) mass is 814 g/mol. The van der Waals surface area contributed by atoms with E-state index in [1.165, 1.54) is 0 Å². The van der Waals surface area contributed by atoms with Crippen molar-refractivity contribution in [2.75, 3.05) is 0 Å². The summed E-state index contributed by atoms with van der Waals surface area (Å²) in [5, 5.41) is 15.3. The van der Waals surface area contributed by atoms with Crippen molar-refractivity contribution < 1.29 is 0 Å². The second kappa shape index (κ2) is 15.3. The van der Waals surface area contributed by atoms with E-state index in [4.69, 9.17) is 4.98 Å². The van der Waals surface area contributed by atoms with Crippen LogP contribution in [0.4, 0.5) is 0 Å². The van der Waals surface area contributed by atoms with Crippen molar-refractivity contribution in [1.82, 2.24) is 14.1 Å². The Labute approximate surface area is 370 Å². The molecule has 64 heavy (non-hydrogen) atoms. The maximum atomic E-state index is 10.8. The molecule has 298 valence electrons. The molecule has 0 saturated carbocycles. The van der Waals surface area contributed by atoms with Gasteiger partial charge in [-0.15, -0.1) is 0 Å². The van der Waals surface area contributed by atoms with Crippen molar-refractivity contribution in [2.45, 2.75) is 0 Å². The van der Waals surface area contributed by atoms with E-state index >= 15 is 0 Å². The van der Waals surface area contributed by atoms with Gasteiger partial charge in [-0.3, -0.25) is 4.98 Å². The number of benzene rings is 9. The van der Waals surface area contributed by atoms with Crippen LogP contribution in [0.5, 0.6) is 0 Å². The molecule has 0 amide bonds. The van der Waals surface area contributed by atoms with E-state index in [0.29, 0.717) is 5.56 Å². The summed E-state index contributed by atoms with van der Waals surface area (Å²) < 4.78 is 4.70. The predicted molar refractivity (Wildman–Crippen MR) is 265 cm³/mol. The van der Waals surface area contributed by atoms with E-state index in [1.807, 2.05) is 30.6 Å². The highest BCUT2D eigenvalue weighted by Crippen LogP contribution is 2.45. The van der Waals surface area contributed by atoms with Gasteiger partial charge < -0.3 is 9.13 Å². The fourth-order valence-electron chi connectivity index (χ4n) is 9.66. The zero-order valence-electron chi connectivity index (χ0n) is 34.7. The standard InChI is InChI=1S/C60H38N4/c61-37-48-23-13-14-24-49(48)60-58(63-54-29-25-44(40-15-5-1-6-16-40)33-50(54)51-34-45(26-30-55(51)63)41-17-7-2-8-18-41)38-62-39-59(60)64-56-31-27-46(42-19-9-3-10-20-42)35-52(56)53-36-47(28-32-57(53)64)43-21-11-4-12-22-43/h1-36,38-39H. The first-order valence-electron chi connectivity index (χ1n) is 21.6. The van der Waals surface area contributed by atoms with Gasteiger partial charge in [0, 0.05) is 32.7 Å². The molecular formula is C60H38N4. The van der Waals surface area contributed by atoms with Gasteiger partial charge in [0.2, 0.25) is 0 Å². The number of hydrogen-bond donors (Lipinski definition) is 0. The van der Waals surface area contributed by atoms with E-state index in [1.54, 1.807) is 0 Å². The molecule has 3 aromatic heterocycles. The Bertz CT molecular complexity index is 3350. The number of hydrogen-bond acceptors (Lipinski definition) is 2. The average Bonchev–Trinajstić information content (AvgIpc) is 3.88. The SMILES string of the molecule is N#Cc1ccccc1-c1c(-n2c3ccc(-c4ccccc4)cc3c3cc(-c4ccccc4)ccc32)cncc1-n1c2ccc(-c3ccccc3)cc2c2cc(-c3ccccc3)ccc21. The molecule has 0 radical (unpaired) electrons. The Balaban J connectivity index is 1.18. The van der Waals surface area contributed by atoms with Crippen molar-refractivity contribution in [3.63, 3.8) is 0 Å². The highest BCUT2D eigenvalue weighted by atomic mass is 15.0. The average molecular weight is 815 g/mol. The minimum atomic E-state index is 0.591. The van der Waals surface area contributed by atoms with Crippen molar-refractivity contribution >= 4 is 43.6 Å². The number of pyridine rings is 1. The number of nitrogens with zero attached hydrogens (tertiary/aromatic N) is 4. The Morgan fingerprint density at radius 1 is 0.328 bits per heavy atom. The molecule has 0 atom stereocenters. The lowest BCUT2D eigenvalue weighted by molar-refractivity contribution is 1.09. The number of fused-ring (bicyclic) bond motifs is 6. The molecule has 3 heterocycles. The van der Waals surface area contributed by atoms with Crippen LogP contribution in [0.1, 0.15) is 5.56 Å². The third-order valence-electron chi connectivity index (χ3n) is 12.7. The summed E-state index contributed by atoms with van der Waals surface area (Å²) in [5.41, 5.74) is 17.6.